The standard InChI is InChI=1S/C15H14N2O2S/c1-11-4-5-12(3-2-6-18)14(7-11)15(19)16-8-13-9-20-10-17-13/h4-5,7,9-10,18H,6,8H2,1H3,(H,16,19). The van der Waals surface area contributed by atoms with Gasteiger partial charge in [-0.1, -0.05) is 23.5 Å². The quantitative estimate of drug-likeness (QED) is 0.845. The summed E-state index contributed by atoms with van der Waals surface area (Å²) in [7, 11) is 0. The summed E-state index contributed by atoms with van der Waals surface area (Å²) in [6.07, 6.45) is 0. The number of rotatable bonds is 3. The van der Waals surface area contributed by atoms with Crippen LogP contribution in [0.5, 0.6) is 0 Å². The highest BCUT2D eigenvalue weighted by Gasteiger charge is 2.10. The first kappa shape index (κ1) is 14.3. The van der Waals surface area contributed by atoms with Gasteiger partial charge in [0.1, 0.15) is 6.61 Å². The van der Waals surface area contributed by atoms with Crippen molar-refractivity contribution in [3.05, 3.63) is 51.5 Å². The molecular weight excluding hydrogens is 272 g/mol. The third-order valence-corrected chi connectivity index (χ3v) is 3.27. The molecule has 2 N–H and O–H groups in total. The maximum absolute atomic E-state index is 12.2. The lowest BCUT2D eigenvalue weighted by atomic mass is 10.0. The number of hydrogen-bond donors (Lipinski definition) is 2. The Labute approximate surface area is 121 Å². The van der Waals surface area contributed by atoms with E-state index in [0.717, 1.165) is 11.3 Å². The molecule has 2 aromatic rings. The van der Waals surface area contributed by atoms with Gasteiger partial charge in [-0.15, -0.1) is 11.3 Å². The third kappa shape index (κ3) is 3.67. The van der Waals surface area contributed by atoms with Crippen molar-refractivity contribution in [1.82, 2.24) is 10.3 Å². The van der Waals surface area contributed by atoms with Gasteiger partial charge in [0, 0.05) is 10.9 Å². The number of aliphatic hydroxyl groups excluding tert-OH is 1. The zero-order valence-corrected chi connectivity index (χ0v) is 11.8. The molecule has 0 radical (unpaired) electrons. The zero-order valence-electron chi connectivity index (χ0n) is 11.0. The normalized spacial score (nSPS) is 9.70. The predicted molar refractivity (Wildman–Crippen MR) is 78.4 cm³/mol. The second kappa shape index (κ2) is 6.85. The molecule has 1 heterocycles. The first-order valence-corrected chi connectivity index (χ1v) is 7.00. The second-order valence-electron chi connectivity index (χ2n) is 4.17. The fourth-order valence-corrected chi connectivity index (χ4v) is 2.24. The number of aromatic nitrogens is 1. The van der Waals surface area contributed by atoms with E-state index in [1.807, 2.05) is 18.4 Å². The van der Waals surface area contributed by atoms with Crippen LogP contribution in [0.4, 0.5) is 0 Å². The number of thiazole rings is 1. The van der Waals surface area contributed by atoms with E-state index in [-0.39, 0.29) is 12.5 Å². The summed E-state index contributed by atoms with van der Waals surface area (Å²) in [6, 6.07) is 5.46. The lowest BCUT2D eigenvalue weighted by Crippen LogP contribution is -2.24. The average Bonchev–Trinajstić information content (AvgIpc) is 2.96. The molecule has 1 aromatic carbocycles. The molecule has 0 atom stereocenters. The van der Waals surface area contributed by atoms with Crippen LogP contribution < -0.4 is 5.32 Å². The van der Waals surface area contributed by atoms with E-state index in [0.29, 0.717) is 17.7 Å². The van der Waals surface area contributed by atoms with Crippen LogP contribution in [0.15, 0.2) is 29.1 Å². The molecule has 20 heavy (non-hydrogen) atoms. The summed E-state index contributed by atoms with van der Waals surface area (Å²) >= 11 is 1.49. The first-order chi connectivity index (χ1) is 9.70. The Morgan fingerprint density at radius 2 is 2.35 bits per heavy atom. The van der Waals surface area contributed by atoms with Crippen LogP contribution >= 0.6 is 11.3 Å². The molecule has 0 saturated heterocycles. The van der Waals surface area contributed by atoms with Crippen molar-refractivity contribution in [2.75, 3.05) is 6.61 Å². The van der Waals surface area contributed by atoms with Crippen LogP contribution in [0.1, 0.15) is 27.2 Å². The smallest absolute Gasteiger partial charge is 0.252 e. The molecule has 0 aliphatic carbocycles. The van der Waals surface area contributed by atoms with Crippen molar-refractivity contribution in [2.45, 2.75) is 13.5 Å². The summed E-state index contributed by atoms with van der Waals surface area (Å²) < 4.78 is 0. The number of carbonyl (C=O) groups excluding carboxylic acids is 1. The number of amides is 1. The van der Waals surface area contributed by atoms with E-state index in [1.165, 1.54) is 11.3 Å². The Morgan fingerprint density at radius 3 is 3.05 bits per heavy atom. The maximum atomic E-state index is 12.2. The van der Waals surface area contributed by atoms with Crippen molar-refractivity contribution in [2.24, 2.45) is 0 Å². The fraction of sp³-hybridized carbons (Fsp3) is 0.200. The summed E-state index contributed by atoms with van der Waals surface area (Å²) in [5, 5.41) is 13.5. The minimum Gasteiger partial charge on any atom is -0.384 e. The maximum Gasteiger partial charge on any atom is 0.252 e. The molecule has 0 fully saturated rings. The van der Waals surface area contributed by atoms with Crippen LogP contribution in [0.2, 0.25) is 0 Å². The van der Waals surface area contributed by atoms with E-state index < -0.39 is 0 Å². The van der Waals surface area contributed by atoms with Crippen molar-refractivity contribution in [3.8, 4) is 11.8 Å². The topological polar surface area (TPSA) is 62.2 Å². The molecule has 4 nitrogen and oxygen atoms in total. The minimum atomic E-state index is -0.228. The minimum absolute atomic E-state index is 0.191. The summed E-state index contributed by atoms with van der Waals surface area (Å²) in [4.78, 5) is 16.3. The number of carbonyl (C=O) groups is 1. The molecule has 0 unspecified atom stereocenters. The largest absolute Gasteiger partial charge is 0.384 e. The number of benzene rings is 1. The Morgan fingerprint density at radius 1 is 1.50 bits per heavy atom. The summed E-state index contributed by atoms with van der Waals surface area (Å²) in [5.41, 5.74) is 4.67. The summed E-state index contributed by atoms with van der Waals surface area (Å²) in [6.45, 7) is 2.08. The summed E-state index contributed by atoms with van der Waals surface area (Å²) in [5.74, 6) is 5.16. The van der Waals surface area contributed by atoms with Gasteiger partial charge in [-0.2, -0.15) is 0 Å². The SMILES string of the molecule is Cc1ccc(C#CCO)c(C(=O)NCc2cscn2)c1. The molecule has 0 saturated carbocycles. The van der Waals surface area contributed by atoms with Crippen LogP contribution in [-0.2, 0) is 6.54 Å². The van der Waals surface area contributed by atoms with Crippen molar-refractivity contribution < 1.29 is 9.90 Å². The number of nitrogens with zero attached hydrogens (tertiary/aromatic N) is 1. The lowest BCUT2D eigenvalue weighted by molar-refractivity contribution is 0.0950. The first-order valence-electron chi connectivity index (χ1n) is 6.06. The fourth-order valence-electron chi connectivity index (χ4n) is 1.68. The van der Waals surface area contributed by atoms with Gasteiger partial charge < -0.3 is 10.4 Å². The molecule has 0 aliphatic heterocycles. The zero-order chi connectivity index (χ0) is 14.4. The molecule has 102 valence electrons. The van der Waals surface area contributed by atoms with Gasteiger partial charge in [-0.25, -0.2) is 4.98 Å². The highest BCUT2D eigenvalue weighted by molar-refractivity contribution is 7.07. The van der Waals surface area contributed by atoms with E-state index >= 15 is 0 Å². The molecule has 2 rings (SSSR count). The Hall–Kier alpha value is -2.16. The number of aryl methyl sites for hydroxylation is 1. The van der Waals surface area contributed by atoms with Crippen molar-refractivity contribution >= 4 is 17.2 Å². The van der Waals surface area contributed by atoms with Gasteiger partial charge in [0.15, 0.2) is 0 Å². The van der Waals surface area contributed by atoms with Crippen molar-refractivity contribution in [1.29, 1.82) is 0 Å². The molecule has 0 aliphatic rings. The highest BCUT2D eigenvalue weighted by Crippen LogP contribution is 2.11. The number of nitrogens with one attached hydrogen (secondary N) is 1. The molecule has 5 heteroatoms. The number of hydrogen-bond acceptors (Lipinski definition) is 4. The molecule has 1 amide bonds. The van der Waals surface area contributed by atoms with Gasteiger partial charge in [0.05, 0.1) is 23.3 Å². The molecule has 0 bridgehead atoms. The second-order valence-corrected chi connectivity index (χ2v) is 4.89. The number of aliphatic hydroxyl groups is 1. The van der Waals surface area contributed by atoms with Gasteiger partial charge in [0.25, 0.3) is 5.91 Å². The predicted octanol–water partition coefficient (Wildman–Crippen LogP) is 1.73. The van der Waals surface area contributed by atoms with E-state index in [9.17, 15) is 4.79 Å². The highest BCUT2D eigenvalue weighted by atomic mass is 32.1. The molecule has 1 aromatic heterocycles. The van der Waals surface area contributed by atoms with E-state index in [1.54, 1.807) is 17.6 Å². The lowest BCUT2D eigenvalue weighted by Gasteiger charge is -2.07. The van der Waals surface area contributed by atoms with Gasteiger partial charge in [0.2, 0.25) is 0 Å². The van der Waals surface area contributed by atoms with Crippen LogP contribution in [0.3, 0.4) is 0 Å². The van der Waals surface area contributed by atoms with Crippen LogP contribution in [-0.4, -0.2) is 22.6 Å². The van der Waals surface area contributed by atoms with Crippen molar-refractivity contribution in [3.63, 3.8) is 0 Å². The van der Waals surface area contributed by atoms with Gasteiger partial charge in [-0.05, 0) is 19.1 Å². The Balaban J connectivity index is 2.17. The Bertz CT molecular complexity index is 654. The average molecular weight is 286 g/mol. The van der Waals surface area contributed by atoms with Crippen LogP contribution in [0.25, 0.3) is 0 Å². The monoisotopic (exact) mass is 286 g/mol. The van der Waals surface area contributed by atoms with Crippen LogP contribution in [0, 0.1) is 18.8 Å². The Kier molecular flexibility index (Phi) is 4.88. The van der Waals surface area contributed by atoms with Gasteiger partial charge >= 0.3 is 0 Å². The molecule has 0 spiro atoms. The third-order valence-electron chi connectivity index (χ3n) is 2.64. The molecular formula is C15H14N2O2S. The van der Waals surface area contributed by atoms with E-state index in [4.69, 9.17) is 5.11 Å². The van der Waals surface area contributed by atoms with E-state index in [2.05, 4.69) is 22.1 Å². The van der Waals surface area contributed by atoms with Gasteiger partial charge in [-0.3, -0.25) is 4.79 Å².